The van der Waals surface area contributed by atoms with Crippen LogP contribution in [0.25, 0.3) is 5.57 Å². The van der Waals surface area contributed by atoms with E-state index in [1.807, 2.05) is 12.1 Å². The summed E-state index contributed by atoms with van der Waals surface area (Å²) in [6.45, 7) is 2.00. The number of imide groups is 1. The van der Waals surface area contributed by atoms with Crippen LogP contribution in [0, 0.1) is 10.1 Å². The molecule has 2 aromatic rings. The molecule has 0 atom stereocenters. The first kappa shape index (κ1) is 19.1. The lowest BCUT2D eigenvalue weighted by atomic mass is 10.1. The van der Waals surface area contributed by atoms with Gasteiger partial charge in [-0.1, -0.05) is 11.6 Å². The number of carbonyl (C=O) groups is 2. The van der Waals surface area contributed by atoms with Gasteiger partial charge in [0.25, 0.3) is 17.5 Å². The Labute approximate surface area is 172 Å². The molecule has 4 rings (SSSR count). The van der Waals surface area contributed by atoms with Gasteiger partial charge in [0, 0.05) is 30.9 Å². The zero-order chi connectivity index (χ0) is 20.5. The summed E-state index contributed by atoms with van der Waals surface area (Å²) in [4.78, 5) is 39.2. The number of nitro benzene ring substituents is 1. The summed E-state index contributed by atoms with van der Waals surface area (Å²) >= 11 is 6.18. The Morgan fingerprint density at radius 1 is 0.828 bits per heavy atom. The number of non-ortho nitro benzene ring substituents is 1. The van der Waals surface area contributed by atoms with Crippen molar-refractivity contribution in [2.24, 2.45) is 0 Å². The fourth-order valence-electron chi connectivity index (χ4n) is 3.70. The van der Waals surface area contributed by atoms with Gasteiger partial charge in [0.1, 0.15) is 5.03 Å². The second kappa shape index (κ2) is 7.67. The summed E-state index contributed by atoms with van der Waals surface area (Å²) in [5, 5.41) is 10.6. The molecule has 7 nitrogen and oxygen atoms in total. The largest absolute Gasteiger partial charge is 0.372 e. The van der Waals surface area contributed by atoms with Crippen molar-refractivity contribution in [1.29, 1.82) is 0 Å². The average Bonchev–Trinajstić information content (AvgIpc) is 2.97. The van der Waals surface area contributed by atoms with Gasteiger partial charge in [-0.25, -0.2) is 4.90 Å². The number of halogens is 1. The average molecular weight is 412 g/mol. The molecule has 0 spiro atoms. The first-order valence-electron chi connectivity index (χ1n) is 9.36. The highest BCUT2D eigenvalue weighted by molar-refractivity contribution is 6.60. The second-order valence-corrected chi connectivity index (χ2v) is 7.38. The van der Waals surface area contributed by atoms with E-state index in [4.69, 9.17) is 11.6 Å². The molecular formula is C21H18ClN3O4. The molecule has 0 aromatic heterocycles. The van der Waals surface area contributed by atoms with Gasteiger partial charge in [-0.3, -0.25) is 19.7 Å². The first-order valence-corrected chi connectivity index (χ1v) is 9.73. The Kier molecular flexibility index (Phi) is 5.07. The third-order valence-electron chi connectivity index (χ3n) is 5.22. The van der Waals surface area contributed by atoms with Crippen LogP contribution in [0.3, 0.4) is 0 Å². The van der Waals surface area contributed by atoms with Crippen LogP contribution >= 0.6 is 11.6 Å². The Morgan fingerprint density at radius 3 is 2.00 bits per heavy atom. The van der Waals surface area contributed by atoms with E-state index in [2.05, 4.69) is 4.90 Å². The van der Waals surface area contributed by atoms with Gasteiger partial charge in [0.15, 0.2) is 0 Å². The van der Waals surface area contributed by atoms with Crippen LogP contribution in [0.15, 0.2) is 53.6 Å². The molecule has 0 N–H and O–H groups in total. The molecule has 0 unspecified atom stereocenters. The third-order valence-corrected chi connectivity index (χ3v) is 5.57. The Bertz CT molecular complexity index is 1010. The molecule has 2 aromatic carbocycles. The van der Waals surface area contributed by atoms with Crippen molar-refractivity contribution in [3.05, 3.63) is 69.2 Å². The molecule has 0 saturated carbocycles. The smallest absolute Gasteiger partial charge is 0.277 e. The van der Waals surface area contributed by atoms with Crippen molar-refractivity contribution in [3.8, 4) is 0 Å². The van der Waals surface area contributed by atoms with Gasteiger partial charge >= 0.3 is 0 Å². The van der Waals surface area contributed by atoms with E-state index in [0.717, 1.165) is 36.5 Å². The number of piperidine rings is 1. The van der Waals surface area contributed by atoms with E-state index < -0.39 is 16.7 Å². The van der Waals surface area contributed by atoms with Crippen molar-refractivity contribution in [1.82, 2.24) is 0 Å². The van der Waals surface area contributed by atoms with Crippen molar-refractivity contribution < 1.29 is 14.5 Å². The van der Waals surface area contributed by atoms with E-state index in [-0.39, 0.29) is 16.3 Å². The molecule has 0 radical (unpaired) electrons. The van der Waals surface area contributed by atoms with Crippen LogP contribution in [0.2, 0.25) is 0 Å². The van der Waals surface area contributed by atoms with Crippen molar-refractivity contribution in [3.63, 3.8) is 0 Å². The molecule has 2 aliphatic heterocycles. The molecule has 148 valence electrons. The fourth-order valence-corrected chi connectivity index (χ4v) is 3.98. The van der Waals surface area contributed by atoms with Crippen molar-refractivity contribution >= 4 is 46.1 Å². The van der Waals surface area contributed by atoms with Crippen LogP contribution in [0.1, 0.15) is 24.8 Å². The minimum Gasteiger partial charge on any atom is -0.372 e. The quantitative estimate of drug-likeness (QED) is 0.429. The van der Waals surface area contributed by atoms with Crippen LogP contribution in [0.4, 0.5) is 17.1 Å². The Balaban J connectivity index is 1.59. The van der Waals surface area contributed by atoms with Gasteiger partial charge in [-0.2, -0.15) is 0 Å². The molecule has 2 heterocycles. The van der Waals surface area contributed by atoms with Crippen LogP contribution < -0.4 is 9.80 Å². The molecular weight excluding hydrogens is 394 g/mol. The second-order valence-electron chi connectivity index (χ2n) is 7.00. The first-order chi connectivity index (χ1) is 14.0. The van der Waals surface area contributed by atoms with E-state index in [9.17, 15) is 19.7 Å². The number of carbonyl (C=O) groups excluding carboxylic acids is 2. The molecule has 2 aliphatic rings. The summed E-state index contributed by atoms with van der Waals surface area (Å²) in [5.41, 5.74) is 1.81. The topological polar surface area (TPSA) is 83.8 Å². The number of nitro groups is 1. The number of nitrogens with zero attached hydrogens (tertiary/aromatic N) is 3. The lowest BCUT2D eigenvalue weighted by Crippen LogP contribution is -2.31. The summed E-state index contributed by atoms with van der Waals surface area (Å²) < 4.78 is 0. The maximum atomic E-state index is 13.0. The number of hydrogen-bond acceptors (Lipinski definition) is 5. The summed E-state index contributed by atoms with van der Waals surface area (Å²) in [6, 6.07) is 12.7. The highest BCUT2D eigenvalue weighted by atomic mass is 35.5. The zero-order valence-electron chi connectivity index (χ0n) is 15.5. The maximum Gasteiger partial charge on any atom is 0.277 e. The molecule has 29 heavy (non-hydrogen) atoms. The monoisotopic (exact) mass is 411 g/mol. The van der Waals surface area contributed by atoms with Gasteiger partial charge in [-0.05, 0) is 61.2 Å². The standard InChI is InChI=1S/C21H18ClN3O4/c22-19-18(14-4-6-17(7-5-14)25(28)29)20(26)24(21(19)27)16-10-8-15(9-11-16)23-12-2-1-3-13-23/h4-11H,1-3,12-13H2. The van der Waals surface area contributed by atoms with Crippen molar-refractivity contribution in [2.45, 2.75) is 19.3 Å². The predicted octanol–water partition coefficient (Wildman–Crippen LogP) is 4.11. The van der Waals surface area contributed by atoms with Gasteiger partial charge < -0.3 is 4.90 Å². The predicted molar refractivity (Wildman–Crippen MR) is 111 cm³/mol. The molecule has 0 bridgehead atoms. The Hall–Kier alpha value is -3.19. The zero-order valence-corrected chi connectivity index (χ0v) is 16.3. The summed E-state index contributed by atoms with van der Waals surface area (Å²) in [6.07, 6.45) is 3.55. The van der Waals surface area contributed by atoms with Crippen LogP contribution in [-0.4, -0.2) is 29.8 Å². The SMILES string of the molecule is O=C1C(Cl)=C(c2ccc([N+](=O)[O-])cc2)C(=O)N1c1ccc(N2CCCCC2)cc1. The van der Waals surface area contributed by atoms with E-state index in [1.165, 1.54) is 30.7 Å². The highest BCUT2D eigenvalue weighted by Gasteiger charge is 2.39. The van der Waals surface area contributed by atoms with E-state index in [0.29, 0.717) is 11.3 Å². The number of benzene rings is 2. The highest BCUT2D eigenvalue weighted by Crippen LogP contribution is 2.36. The van der Waals surface area contributed by atoms with Crippen LogP contribution in [0.5, 0.6) is 0 Å². The van der Waals surface area contributed by atoms with Gasteiger partial charge in [0.2, 0.25) is 0 Å². The van der Waals surface area contributed by atoms with Gasteiger partial charge in [0.05, 0.1) is 16.2 Å². The van der Waals surface area contributed by atoms with E-state index >= 15 is 0 Å². The van der Waals surface area contributed by atoms with Gasteiger partial charge in [-0.15, -0.1) is 0 Å². The maximum absolute atomic E-state index is 13.0. The number of anilines is 2. The molecule has 1 fully saturated rings. The molecule has 1 saturated heterocycles. The number of amides is 2. The minimum absolute atomic E-state index is 0.0478. The molecule has 2 amide bonds. The summed E-state index contributed by atoms with van der Waals surface area (Å²) in [5.74, 6) is -1.14. The third kappa shape index (κ3) is 3.49. The lowest BCUT2D eigenvalue weighted by molar-refractivity contribution is -0.384. The normalized spacial score (nSPS) is 17.3. The van der Waals surface area contributed by atoms with Crippen LogP contribution in [-0.2, 0) is 9.59 Å². The molecule has 0 aliphatic carbocycles. The van der Waals surface area contributed by atoms with Crippen molar-refractivity contribution in [2.75, 3.05) is 22.9 Å². The molecule has 8 heteroatoms. The Morgan fingerprint density at radius 2 is 1.41 bits per heavy atom. The minimum atomic E-state index is -0.601. The van der Waals surface area contributed by atoms with E-state index in [1.54, 1.807) is 12.1 Å². The lowest BCUT2D eigenvalue weighted by Gasteiger charge is -2.29. The fraction of sp³-hybridized carbons (Fsp3) is 0.238. The summed E-state index contributed by atoms with van der Waals surface area (Å²) in [7, 11) is 0. The number of hydrogen-bond donors (Lipinski definition) is 0. The number of rotatable bonds is 4.